The molecule has 1 amide bonds. The second-order valence-electron chi connectivity index (χ2n) is 6.01. The standard InChI is InChI=1S/C20H23N3O2/c1-22(13-14-23-16-21-18-10-5-6-11-19(18)23)20(24)12-7-15-25-17-8-3-2-4-9-17/h2-6,8-11,16H,7,12-15H2,1H3. The first-order chi connectivity index (χ1) is 12.2. The zero-order valence-electron chi connectivity index (χ0n) is 14.5. The monoisotopic (exact) mass is 337 g/mol. The van der Waals surface area contributed by atoms with Crippen LogP contribution in [0.3, 0.4) is 0 Å². The van der Waals surface area contributed by atoms with E-state index in [1.54, 1.807) is 4.90 Å². The Kier molecular flexibility index (Phi) is 5.67. The molecule has 0 unspecified atom stereocenters. The molecule has 0 spiro atoms. The summed E-state index contributed by atoms with van der Waals surface area (Å²) in [5.41, 5.74) is 2.08. The van der Waals surface area contributed by atoms with Crippen molar-refractivity contribution < 1.29 is 9.53 Å². The van der Waals surface area contributed by atoms with E-state index >= 15 is 0 Å². The van der Waals surface area contributed by atoms with Crippen LogP contribution in [0.25, 0.3) is 11.0 Å². The molecule has 5 heteroatoms. The van der Waals surface area contributed by atoms with E-state index < -0.39 is 0 Å². The van der Waals surface area contributed by atoms with Crippen molar-refractivity contribution in [1.82, 2.24) is 14.5 Å². The first-order valence-corrected chi connectivity index (χ1v) is 8.56. The van der Waals surface area contributed by atoms with Gasteiger partial charge in [-0.05, 0) is 30.7 Å². The van der Waals surface area contributed by atoms with E-state index in [1.807, 2.05) is 68.0 Å². The molecule has 130 valence electrons. The maximum absolute atomic E-state index is 12.2. The fourth-order valence-electron chi connectivity index (χ4n) is 2.69. The molecule has 3 rings (SSSR count). The summed E-state index contributed by atoms with van der Waals surface area (Å²) in [5.74, 6) is 0.983. The van der Waals surface area contributed by atoms with Gasteiger partial charge in [-0.2, -0.15) is 0 Å². The molecule has 0 N–H and O–H groups in total. The molecule has 25 heavy (non-hydrogen) atoms. The number of carbonyl (C=O) groups is 1. The lowest BCUT2D eigenvalue weighted by Gasteiger charge is -2.17. The number of nitrogens with zero attached hydrogens (tertiary/aromatic N) is 3. The highest BCUT2D eigenvalue weighted by Gasteiger charge is 2.09. The lowest BCUT2D eigenvalue weighted by atomic mass is 10.3. The van der Waals surface area contributed by atoms with Crippen LogP contribution >= 0.6 is 0 Å². The highest BCUT2D eigenvalue weighted by Crippen LogP contribution is 2.12. The van der Waals surface area contributed by atoms with Crippen molar-refractivity contribution in [3.63, 3.8) is 0 Å². The van der Waals surface area contributed by atoms with Gasteiger partial charge in [-0.3, -0.25) is 4.79 Å². The van der Waals surface area contributed by atoms with Gasteiger partial charge in [-0.15, -0.1) is 0 Å². The molecular formula is C20H23N3O2. The Labute approximate surface area is 147 Å². The summed E-state index contributed by atoms with van der Waals surface area (Å²) < 4.78 is 7.70. The summed E-state index contributed by atoms with van der Waals surface area (Å²) in [4.78, 5) is 18.4. The van der Waals surface area contributed by atoms with Crippen molar-refractivity contribution in [2.75, 3.05) is 20.2 Å². The Morgan fingerprint density at radius 2 is 1.88 bits per heavy atom. The number of fused-ring (bicyclic) bond motifs is 1. The number of para-hydroxylation sites is 3. The van der Waals surface area contributed by atoms with Crippen LogP contribution in [-0.2, 0) is 11.3 Å². The smallest absolute Gasteiger partial charge is 0.222 e. The van der Waals surface area contributed by atoms with Crippen LogP contribution in [0.2, 0.25) is 0 Å². The molecule has 1 heterocycles. The fraction of sp³-hybridized carbons (Fsp3) is 0.300. The maximum atomic E-state index is 12.2. The molecule has 0 bridgehead atoms. The zero-order valence-corrected chi connectivity index (χ0v) is 14.5. The Morgan fingerprint density at radius 3 is 2.72 bits per heavy atom. The summed E-state index contributed by atoms with van der Waals surface area (Å²) in [6, 6.07) is 17.7. The van der Waals surface area contributed by atoms with Crippen molar-refractivity contribution in [2.24, 2.45) is 0 Å². The molecular weight excluding hydrogens is 314 g/mol. The Morgan fingerprint density at radius 1 is 1.12 bits per heavy atom. The van der Waals surface area contributed by atoms with Crippen molar-refractivity contribution in [2.45, 2.75) is 19.4 Å². The highest BCUT2D eigenvalue weighted by atomic mass is 16.5. The minimum Gasteiger partial charge on any atom is -0.494 e. The molecule has 3 aromatic rings. The second kappa shape index (κ2) is 8.33. The van der Waals surface area contributed by atoms with Crippen LogP contribution in [0, 0.1) is 0 Å². The van der Waals surface area contributed by atoms with E-state index in [2.05, 4.69) is 9.55 Å². The van der Waals surface area contributed by atoms with Crippen molar-refractivity contribution in [3.8, 4) is 5.75 Å². The summed E-state index contributed by atoms with van der Waals surface area (Å²) in [6.07, 6.45) is 3.04. The fourth-order valence-corrected chi connectivity index (χ4v) is 2.69. The summed E-state index contributed by atoms with van der Waals surface area (Å²) >= 11 is 0. The van der Waals surface area contributed by atoms with E-state index in [9.17, 15) is 4.79 Å². The van der Waals surface area contributed by atoms with Gasteiger partial charge in [0, 0.05) is 26.6 Å². The Hall–Kier alpha value is -2.82. The minimum atomic E-state index is 0.140. The van der Waals surface area contributed by atoms with Gasteiger partial charge in [-0.1, -0.05) is 30.3 Å². The lowest BCUT2D eigenvalue weighted by Crippen LogP contribution is -2.30. The van der Waals surface area contributed by atoms with Crippen molar-refractivity contribution in [3.05, 3.63) is 60.9 Å². The quantitative estimate of drug-likeness (QED) is 0.592. The molecule has 0 saturated carbocycles. The molecule has 0 saturated heterocycles. The molecule has 0 radical (unpaired) electrons. The number of likely N-dealkylation sites (N-methyl/N-ethyl adjacent to an activating group) is 1. The van der Waals surface area contributed by atoms with Crippen LogP contribution < -0.4 is 4.74 Å². The Bertz CT molecular complexity index is 814. The number of hydrogen-bond acceptors (Lipinski definition) is 3. The maximum Gasteiger partial charge on any atom is 0.222 e. The molecule has 0 aliphatic carbocycles. The molecule has 0 aliphatic heterocycles. The highest BCUT2D eigenvalue weighted by molar-refractivity contribution is 5.76. The van der Waals surface area contributed by atoms with E-state index in [4.69, 9.17) is 4.74 Å². The summed E-state index contributed by atoms with van der Waals surface area (Å²) in [7, 11) is 1.85. The second-order valence-corrected chi connectivity index (χ2v) is 6.01. The number of amides is 1. The van der Waals surface area contributed by atoms with Gasteiger partial charge < -0.3 is 14.2 Å². The first kappa shape index (κ1) is 17.0. The third kappa shape index (κ3) is 4.59. The third-order valence-electron chi connectivity index (χ3n) is 4.18. The minimum absolute atomic E-state index is 0.140. The first-order valence-electron chi connectivity index (χ1n) is 8.56. The average molecular weight is 337 g/mol. The SMILES string of the molecule is CN(CCn1cnc2ccccc21)C(=O)CCCOc1ccccc1. The molecule has 5 nitrogen and oxygen atoms in total. The van der Waals surface area contributed by atoms with Crippen LogP contribution in [0.5, 0.6) is 5.75 Å². The van der Waals surface area contributed by atoms with Crippen LogP contribution in [-0.4, -0.2) is 40.6 Å². The largest absolute Gasteiger partial charge is 0.494 e. The molecule has 2 aromatic carbocycles. The van der Waals surface area contributed by atoms with E-state index in [1.165, 1.54) is 0 Å². The Balaban J connectivity index is 1.40. The number of aromatic nitrogens is 2. The number of rotatable bonds is 8. The predicted octanol–water partition coefficient (Wildman–Crippen LogP) is 3.35. The van der Waals surface area contributed by atoms with Gasteiger partial charge in [0.15, 0.2) is 0 Å². The molecule has 0 atom stereocenters. The van der Waals surface area contributed by atoms with Crippen LogP contribution in [0.1, 0.15) is 12.8 Å². The molecule has 1 aromatic heterocycles. The average Bonchev–Trinajstić information content (AvgIpc) is 3.07. The molecule has 0 fully saturated rings. The number of hydrogen-bond donors (Lipinski definition) is 0. The number of ether oxygens (including phenoxy) is 1. The van der Waals surface area contributed by atoms with Crippen LogP contribution in [0.15, 0.2) is 60.9 Å². The normalized spacial score (nSPS) is 10.8. The summed E-state index contributed by atoms with van der Waals surface area (Å²) in [6.45, 7) is 1.96. The van der Waals surface area contributed by atoms with Crippen molar-refractivity contribution >= 4 is 16.9 Å². The van der Waals surface area contributed by atoms with E-state index in [-0.39, 0.29) is 5.91 Å². The third-order valence-corrected chi connectivity index (χ3v) is 4.18. The van der Waals surface area contributed by atoms with Gasteiger partial charge in [0.2, 0.25) is 5.91 Å². The van der Waals surface area contributed by atoms with Crippen molar-refractivity contribution in [1.29, 1.82) is 0 Å². The number of carbonyl (C=O) groups excluding carboxylic acids is 1. The number of benzene rings is 2. The van der Waals surface area contributed by atoms with Gasteiger partial charge in [0.1, 0.15) is 5.75 Å². The predicted molar refractivity (Wildman–Crippen MR) is 98.5 cm³/mol. The lowest BCUT2D eigenvalue weighted by molar-refractivity contribution is -0.130. The van der Waals surface area contributed by atoms with Gasteiger partial charge >= 0.3 is 0 Å². The van der Waals surface area contributed by atoms with Gasteiger partial charge in [-0.25, -0.2) is 4.98 Å². The van der Waals surface area contributed by atoms with Gasteiger partial charge in [0.25, 0.3) is 0 Å². The van der Waals surface area contributed by atoms with Gasteiger partial charge in [0.05, 0.1) is 24.0 Å². The van der Waals surface area contributed by atoms with E-state index in [0.717, 1.165) is 23.3 Å². The summed E-state index contributed by atoms with van der Waals surface area (Å²) in [5, 5.41) is 0. The van der Waals surface area contributed by atoms with E-state index in [0.29, 0.717) is 26.0 Å². The molecule has 0 aliphatic rings. The number of imidazole rings is 1. The van der Waals surface area contributed by atoms with Crippen LogP contribution in [0.4, 0.5) is 0 Å². The topological polar surface area (TPSA) is 47.4 Å². The zero-order chi connectivity index (χ0) is 17.5.